The molecule has 7 nitrogen and oxygen atoms in total. The monoisotopic (exact) mass is 341 g/mol. The number of aliphatic imine (C=N–C) groups is 1. The van der Waals surface area contributed by atoms with Gasteiger partial charge >= 0.3 is 0 Å². The first-order valence-electron chi connectivity index (χ1n) is 8.20. The van der Waals surface area contributed by atoms with Gasteiger partial charge in [-0.25, -0.2) is 4.99 Å². The van der Waals surface area contributed by atoms with E-state index in [1.165, 1.54) is 12.1 Å². The third kappa shape index (κ3) is 6.58. The molecular weight excluding hydrogens is 318 g/mol. The third-order valence-corrected chi connectivity index (χ3v) is 3.41. The molecule has 2 aromatic rings. The molecule has 1 heterocycles. The first kappa shape index (κ1) is 18.4. The summed E-state index contributed by atoms with van der Waals surface area (Å²) < 4.78 is 0. The van der Waals surface area contributed by atoms with Gasteiger partial charge in [0, 0.05) is 24.9 Å². The van der Waals surface area contributed by atoms with Crippen molar-refractivity contribution in [1.29, 1.82) is 0 Å². The summed E-state index contributed by atoms with van der Waals surface area (Å²) in [4.78, 5) is 19.1. The van der Waals surface area contributed by atoms with Crippen LogP contribution in [-0.4, -0.2) is 22.4 Å². The fourth-order valence-electron chi connectivity index (χ4n) is 2.05. The first-order valence-corrected chi connectivity index (χ1v) is 8.20. The highest BCUT2D eigenvalue weighted by atomic mass is 16.6. The van der Waals surface area contributed by atoms with E-state index < -0.39 is 4.92 Å². The number of nitrogens with one attached hydrogen (secondary N) is 2. The highest BCUT2D eigenvalue weighted by Gasteiger charge is 2.05. The smallest absolute Gasteiger partial charge is 0.269 e. The molecule has 0 bridgehead atoms. The number of guanidine groups is 1. The molecule has 25 heavy (non-hydrogen) atoms. The van der Waals surface area contributed by atoms with Crippen molar-refractivity contribution in [3.05, 3.63) is 70.0 Å². The Hall–Kier alpha value is -2.96. The molecule has 7 heteroatoms. The Kier molecular flexibility index (Phi) is 6.88. The van der Waals surface area contributed by atoms with Gasteiger partial charge < -0.3 is 10.6 Å². The van der Waals surface area contributed by atoms with Crippen LogP contribution in [0.25, 0.3) is 0 Å². The first-order chi connectivity index (χ1) is 12.0. The van der Waals surface area contributed by atoms with Gasteiger partial charge in [0.25, 0.3) is 5.69 Å². The molecule has 0 saturated carbocycles. The summed E-state index contributed by atoms with van der Waals surface area (Å²) >= 11 is 0. The maximum atomic E-state index is 10.7. The number of aromatic nitrogens is 1. The van der Waals surface area contributed by atoms with Crippen LogP contribution in [0.5, 0.6) is 0 Å². The van der Waals surface area contributed by atoms with Crippen LogP contribution >= 0.6 is 0 Å². The summed E-state index contributed by atoms with van der Waals surface area (Å²) in [6, 6.07) is 12.2. The van der Waals surface area contributed by atoms with Crippen LogP contribution < -0.4 is 10.6 Å². The maximum absolute atomic E-state index is 10.7. The minimum Gasteiger partial charge on any atom is -0.356 e. The van der Waals surface area contributed by atoms with Gasteiger partial charge in [-0.3, -0.25) is 15.1 Å². The van der Waals surface area contributed by atoms with E-state index in [1.807, 2.05) is 18.2 Å². The Balaban J connectivity index is 2.00. The van der Waals surface area contributed by atoms with E-state index in [1.54, 1.807) is 18.3 Å². The molecule has 0 spiro atoms. The number of rotatable bonds is 7. The zero-order valence-corrected chi connectivity index (χ0v) is 14.5. The summed E-state index contributed by atoms with van der Waals surface area (Å²) in [5, 5.41) is 17.3. The van der Waals surface area contributed by atoms with Crippen LogP contribution in [0.1, 0.15) is 25.1 Å². The summed E-state index contributed by atoms with van der Waals surface area (Å²) in [7, 11) is 0. The number of nitro groups is 1. The molecule has 0 amide bonds. The number of hydrogen-bond acceptors (Lipinski definition) is 4. The molecule has 0 unspecified atom stereocenters. The fraction of sp³-hybridized carbons (Fsp3) is 0.333. The largest absolute Gasteiger partial charge is 0.356 e. The Morgan fingerprint density at radius 1 is 1.20 bits per heavy atom. The van der Waals surface area contributed by atoms with Gasteiger partial charge in [-0.15, -0.1) is 0 Å². The zero-order chi connectivity index (χ0) is 18.1. The van der Waals surface area contributed by atoms with E-state index in [9.17, 15) is 10.1 Å². The predicted octanol–water partition coefficient (Wildman–Crippen LogP) is 2.88. The second-order valence-corrected chi connectivity index (χ2v) is 6.04. The molecule has 0 aliphatic rings. The average Bonchev–Trinajstić information content (AvgIpc) is 2.62. The second-order valence-electron chi connectivity index (χ2n) is 6.04. The molecule has 1 aromatic carbocycles. The van der Waals surface area contributed by atoms with Crippen molar-refractivity contribution in [2.24, 2.45) is 10.9 Å². The van der Waals surface area contributed by atoms with Crippen LogP contribution in [-0.2, 0) is 13.1 Å². The average molecular weight is 341 g/mol. The van der Waals surface area contributed by atoms with Gasteiger partial charge in [-0.1, -0.05) is 32.0 Å². The van der Waals surface area contributed by atoms with Crippen LogP contribution in [0.4, 0.5) is 5.69 Å². The van der Waals surface area contributed by atoms with E-state index in [4.69, 9.17) is 0 Å². The molecule has 0 radical (unpaired) electrons. The van der Waals surface area contributed by atoms with Crippen molar-refractivity contribution in [2.75, 3.05) is 6.54 Å². The van der Waals surface area contributed by atoms with Gasteiger partial charge in [0.15, 0.2) is 5.96 Å². The van der Waals surface area contributed by atoms with E-state index in [2.05, 4.69) is 34.5 Å². The number of nitrogens with zero attached hydrogens (tertiary/aromatic N) is 3. The molecule has 2 N–H and O–H groups in total. The van der Waals surface area contributed by atoms with E-state index in [-0.39, 0.29) is 5.69 Å². The second kappa shape index (κ2) is 9.36. The van der Waals surface area contributed by atoms with Crippen molar-refractivity contribution in [1.82, 2.24) is 15.6 Å². The molecule has 1 aromatic heterocycles. The van der Waals surface area contributed by atoms with Gasteiger partial charge in [-0.05, 0) is 23.6 Å². The molecule has 0 aliphatic carbocycles. The summed E-state index contributed by atoms with van der Waals surface area (Å²) in [6.07, 6.45) is 1.76. The minimum atomic E-state index is -0.406. The Bertz CT molecular complexity index is 699. The Morgan fingerprint density at radius 2 is 1.96 bits per heavy atom. The van der Waals surface area contributed by atoms with Gasteiger partial charge in [0.2, 0.25) is 0 Å². The predicted molar refractivity (Wildman–Crippen MR) is 98.2 cm³/mol. The zero-order valence-electron chi connectivity index (χ0n) is 14.5. The van der Waals surface area contributed by atoms with Crippen molar-refractivity contribution < 1.29 is 4.92 Å². The highest BCUT2D eigenvalue weighted by molar-refractivity contribution is 5.79. The molecular formula is C18H23N5O2. The van der Waals surface area contributed by atoms with Gasteiger partial charge in [0.1, 0.15) is 0 Å². The molecule has 2 rings (SSSR count). The number of non-ortho nitro benzene ring substituents is 1. The fourth-order valence-corrected chi connectivity index (χ4v) is 2.05. The molecule has 132 valence electrons. The standard InChI is InChI=1S/C18H23N5O2/c1-14(2)11-20-18(22-13-16-5-3-4-10-19-16)21-12-15-6-8-17(9-7-15)23(24)25/h3-10,14H,11-13H2,1-2H3,(H2,20,21,22). The van der Waals surface area contributed by atoms with Crippen molar-refractivity contribution in [3.63, 3.8) is 0 Å². The van der Waals surface area contributed by atoms with E-state index >= 15 is 0 Å². The molecule has 0 saturated heterocycles. The van der Waals surface area contributed by atoms with E-state index in [0.717, 1.165) is 17.8 Å². The van der Waals surface area contributed by atoms with Gasteiger partial charge in [-0.2, -0.15) is 0 Å². The lowest BCUT2D eigenvalue weighted by molar-refractivity contribution is -0.384. The van der Waals surface area contributed by atoms with Crippen LogP contribution in [0.2, 0.25) is 0 Å². The normalized spacial score (nSPS) is 11.4. The van der Waals surface area contributed by atoms with Crippen molar-refractivity contribution in [3.8, 4) is 0 Å². The molecule has 0 aliphatic heterocycles. The summed E-state index contributed by atoms with van der Waals surface area (Å²) in [5.41, 5.74) is 1.92. The van der Waals surface area contributed by atoms with Crippen LogP contribution in [0, 0.1) is 16.0 Å². The SMILES string of the molecule is CC(C)CNC(=NCc1ccc([N+](=O)[O-])cc1)NCc1ccccn1. The highest BCUT2D eigenvalue weighted by Crippen LogP contribution is 2.12. The quantitative estimate of drug-likeness (QED) is 0.350. The summed E-state index contributed by atoms with van der Waals surface area (Å²) in [6.45, 7) is 6.06. The Labute approximate surface area is 147 Å². The molecule has 0 fully saturated rings. The number of benzene rings is 1. The lowest BCUT2D eigenvalue weighted by Crippen LogP contribution is -2.39. The lowest BCUT2D eigenvalue weighted by Gasteiger charge is -2.14. The lowest BCUT2D eigenvalue weighted by atomic mass is 10.2. The van der Waals surface area contributed by atoms with Crippen molar-refractivity contribution >= 4 is 11.6 Å². The minimum absolute atomic E-state index is 0.0826. The number of pyridine rings is 1. The summed E-state index contributed by atoms with van der Waals surface area (Å²) in [5.74, 6) is 1.18. The maximum Gasteiger partial charge on any atom is 0.269 e. The van der Waals surface area contributed by atoms with Crippen molar-refractivity contribution in [2.45, 2.75) is 26.9 Å². The van der Waals surface area contributed by atoms with E-state index in [0.29, 0.717) is 25.0 Å². The Morgan fingerprint density at radius 3 is 2.56 bits per heavy atom. The topological polar surface area (TPSA) is 92.5 Å². The third-order valence-electron chi connectivity index (χ3n) is 3.41. The van der Waals surface area contributed by atoms with Gasteiger partial charge in [0.05, 0.1) is 23.7 Å². The number of nitro benzene ring substituents is 1. The van der Waals surface area contributed by atoms with Crippen LogP contribution in [0.3, 0.4) is 0 Å². The molecule has 0 atom stereocenters. The number of hydrogen-bond donors (Lipinski definition) is 2. The van der Waals surface area contributed by atoms with Crippen LogP contribution in [0.15, 0.2) is 53.7 Å².